The van der Waals surface area contributed by atoms with Gasteiger partial charge in [0, 0.05) is 16.1 Å². The largest absolute Gasteiger partial charge is 0.481 e. The van der Waals surface area contributed by atoms with Gasteiger partial charge in [-0.2, -0.15) is 8.78 Å². The van der Waals surface area contributed by atoms with Crippen molar-refractivity contribution >= 4 is 43.9 Å². The maximum Gasteiger partial charge on any atom is 0.307 e. The predicted molar refractivity (Wildman–Crippen MR) is 117 cm³/mol. The highest BCUT2D eigenvalue weighted by atomic mass is 35.5. The fraction of sp³-hybridized carbons (Fsp3) is 0.143. The Morgan fingerprint density at radius 1 is 1.31 bits per heavy atom. The number of amidine groups is 1. The average Bonchev–Trinajstić information content (AvgIpc) is 2.62. The summed E-state index contributed by atoms with van der Waals surface area (Å²) in [6.45, 7) is 5.63. The van der Waals surface area contributed by atoms with Crippen molar-refractivity contribution in [1.82, 2.24) is 0 Å². The molecule has 0 bridgehead atoms. The van der Waals surface area contributed by atoms with E-state index in [9.17, 15) is 13.6 Å². The van der Waals surface area contributed by atoms with Gasteiger partial charge in [-0.05, 0) is 41.8 Å². The van der Waals surface area contributed by atoms with Crippen LogP contribution in [0.25, 0.3) is 11.3 Å². The zero-order valence-corrected chi connectivity index (χ0v) is 17.5. The third-order valence-corrected chi connectivity index (χ3v) is 4.71. The molecule has 1 atom stereocenters. The van der Waals surface area contributed by atoms with Crippen molar-refractivity contribution in [1.29, 1.82) is 0 Å². The van der Waals surface area contributed by atoms with Crippen LogP contribution < -0.4 is 5.73 Å². The Balaban J connectivity index is 2.24. The lowest BCUT2D eigenvalue weighted by Gasteiger charge is -2.11. The summed E-state index contributed by atoms with van der Waals surface area (Å²) >= 11 is 6.17. The van der Waals surface area contributed by atoms with Gasteiger partial charge in [-0.25, -0.2) is 4.99 Å². The number of aliphatic imine (C=N–C) groups is 1. The van der Waals surface area contributed by atoms with E-state index < -0.39 is 11.6 Å². The van der Waals surface area contributed by atoms with Gasteiger partial charge in [0.1, 0.15) is 5.84 Å². The van der Waals surface area contributed by atoms with Crippen molar-refractivity contribution < 1.29 is 18.7 Å². The number of benzene rings is 2. The summed E-state index contributed by atoms with van der Waals surface area (Å²) in [5, 5.41) is 9.30. The van der Waals surface area contributed by atoms with Crippen LogP contribution >= 0.6 is 20.8 Å². The quantitative estimate of drug-likeness (QED) is 0.350. The van der Waals surface area contributed by atoms with E-state index in [0.717, 1.165) is 5.57 Å². The van der Waals surface area contributed by atoms with Crippen LogP contribution in [0.4, 0.5) is 8.78 Å². The molecule has 0 aliphatic rings. The average molecular weight is 437 g/mol. The normalized spacial score (nSPS) is 12.7. The molecule has 0 fully saturated rings. The first kappa shape index (κ1) is 22.7. The zero-order valence-electron chi connectivity index (χ0n) is 15.6. The van der Waals surface area contributed by atoms with Crippen molar-refractivity contribution in [2.75, 3.05) is 0 Å². The van der Waals surface area contributed by atoms with Gasteiger partial charge in [-0.1, -0.05) is 57.8 Å². The monoisotopic (exact) mass is 436 g/mol. The number of nitrogens with two attached hydrogens (primary N) is 1. The summed E-state index contributed by atoms with van der Waals surface area (Å²) in [4.78, 5) is 15.1. The molecule has 0 amide bonds. The van der Waals surface area contributed by atoms with Gasteiger partial charge in [-0.3, -0.25) is 4.79 Å². The minimum absolute atomic E-state index is 0.107. The van der Waals surface area contributed by atoms with E-state index in [1.54, 1.807) is 43.3 Å². The lowest BCUT2D eigenvalue weighted by atomic mass is 10.0. The Hall–Kier alpha value is -2.56. The number of allylic oxidation sites excluding steroid dienone is 1. The summed E-state index contributed by atoms with van der Waals surface area (Å²) < 4.78 is 26.6. The molecule has 8 heteroatoms. The molecule has 4 nitrogen and oxygen atoms in total. The van der Waals surface area contributed by atoms with E-state index in [4.69, 9.17) is 22.4 Å². The Kier molecular flexibility index (Phi) is 7.28. The number of hydrogen-bond donors (Lipinski definition) is 2. The number of carbonyl (C=O) groups is 1. The molecule has 0 aromatic heterocycles. The van der Waals surface area contributed by atoms with E-state index in [1.165, 1.54) is 21.4 Å². The summed E-state index contributed by atoms with van der Waals surface area (Å²) in [5.74, 6) is -0.816. The minimum Gasteiger partial charge on any atom is -0.481 e. The summed E-state index contributed by atoms with van der Waals surface area (Å²) in [6, 6.07) is 10.6. The molecule has 29 heavy (non-hydrogen) atoms. The topological polar surface area (TPSA) is 75.7 Å². The second-order valence-electron chi connectivity index (χ2n) is 6.40. The molecular weight excluding hydrogens is 417 g/mol. The smallest absolute Gasteiger partial charge is 0.307 e. The number of carboxylic acids is 1. The van der Waals surface area contributed by atoms with Crippen LogP contribution in [0.1, 0.15) is 29.2 Å². The predicted octanol–water partition coefficient (Wildman–Crippen LogP) is 5.32. The van der Waals surface area contributed by atoms with Crippen LogP contribution in [0.15, 0.2) is 60.1 Å². The van der Waals surface area contributed by atoms with E-state index in [0.29, 0.717) is 21.7 Å². The maximum absolute atomic E-state index is 13.3. The number of alkyl halides is 2. The number of nitrogens with zero attached hydrogens (tertiary/aromatic N) is 1. The van der Waals surface area contributed by atoms with Crippen LogP contribution in [0.3, 0.4) is 0 Å². The molecule has 0 aliphatic carbocycles. The lowest BCUT2D eigenvalue weighted by Crippen LogP contribution is -2.09. The van der Waals surface area contributed by atoms with Crippen molar-refractivity contribution in [2.24, 2.45) is 10.7 Å². The van der Waals surface area contributed by atoms with Gasteiger partial charge < -0.3 is 10.8 Å². The SMILES string of the molecule is C=C(/N=C(N)\C=C(/C)c1ccc(C(F)(F)P)cc1)c1cc(CC(=O)O)ccc1Cl. The van der Waals surface area contributed by atoms with Crippen LogP contribution in [0.5, 0.6) is 0 Å². The fourth-order valence-electron chi connectivity index (χ4n) is 2.59. The van der Waals surface area contributed by atoms with E-state index in [-0.39, 0.29) is 23.5 Å². The highest BCUT2D eigenvalue weighted by molar-refractivity contribution is 7.17. The molecule has 2 aromatic carbocycles. The van der Waals surface area contributed by atoms with Gasteiger partial charge >= 0.3 is 5.97 Å². The first-order valence-electron chi connectivity index (χ1n) is 8.47. The first-order valence-corrected chi connectivity index (χ1v) is 9.42. The molecule has 0 heterocycles. The highest BCUT2D eigenvalue weighted by Crippen LogP contribution is 2.35. The zero-order chi connectivity index (χ0) is 21.8. The molecule has 0 saturated heterocycles. The molecule has 0 radical (unpaired) electrons. The summed E-state index contributed by atoms with van der Waals surface area (Å²) in [7, 11) is 1.50. The Morgan fingerprint density at radius 2 is 1.93 bits per heavy atom. The second-order valence-corrected chi connectivity index (χ2v) is 7.53. The number of carboxylic acid groups (broad SMARTS) is 1. The number of hydrogen-bond acceptors (Lipinski definition) is 2. The fourth-order valence-corrected chi connectivity index (χ4v) is 3.01. The lowest BCUT2D eigenvalue weighted by molar-refractivity contribution is -0.136. The summed E-state index contributed by atoms with van der Waals surface area (Å²) in [6.07, 6.45) is 1.44. The Labute approximate surface area is 175 Å². The molecule has 2 aromatic rings. The van der Waals surface area contributed by atoms with E-state index >= 15 is 0 Å². The Morgan fingerprint density at radius 3 is 2.48 bits per heavy atom. The van der Waals surface area contributed by atoms with E-state index in [2.05, 4.69) is 11.6 Å². The standard InChI is InChI=1S/C21H20ClF2N2O2P/c1-12(15-4-6-16(7-5-15)21(23,24)29)9-19(25)26-13(2)17-10-14(11-20(27)28)3-8-18(17)22/h3-10H,2,11,29H2,1H3,(H2,25,26)(H,27,28)/b12-9+. The highest BCUT2D eigenvalue weighted by Gasteiger charge is 2.23. The third kappa shape index (κ3) is 6.48. The minimum atomic E-state index is -2.98. The molecule has 0 aliphatic heterocycles. The summed E-state index contributed by atoms with van der Waals surface area (Å²) in [5.41, 5.74) is 5.64. The number of aliphatic carboxylic acids is 1. The van der Waals surface area contributed by atoms with Gasteiger partial charge in [0.15, 0.2) is 0 Å². The number of halogens is 3. The van der Waals surface area contributed by atoms with Crippen LogP contribution in [-0.4, -0.2) is 16.9 Å². The van der Waals surface area contributed by atoms with Crippen molar-refractivity contribution in [2.45, 2.75) is 19.0 Å². The van der Waals surface area contributed by atoms with Gasteiger partial charge in [0.2, 0.25) is 0 Å². The second kappa shape index (κ2) is 9.29. The van der Waals surface area contributed by atoms with E-state index in [1.807, 2.05) is 0 Å². The van der Waals surface area contributed by atoms with Crippen molar-refractivity contribution in [3.8, 4) is 0 Å². The molecule has 0 saturated carbocycles. The Bertz CT molecular complexity index is 997. The van der Waals surface area contributed by atoms with Gasteiger partial charge in [-0.15, -0.1) is 0 Å². The van der Waals surface area contributed by atoms with Crippen LogP contribution in [0.2, 0.25) is 5.02 Å². The molecule has 0 spiro atoms. The molecule has 152 valence electrons. The van der Waals surface area contributed by atoms with Crippen LogP contribution in [0, 0.1) is 0 Å². The first-order chi connectivity index (χ1) is 13.5. The maximum atomic E-state index is 13.3. The van der Waals surface area contributed by atoms with Crippen molar-refractivity contribution in [3.05, 3.63) is 82.4 Å². The molecule has 3 N–H and O–H groups in total. The molecular formula is C21H20ClF2N2O2P. The van der Waals surface area contributed by atoms with Gasteiger partial charge in [0.25, 0.3) is 5.66 Å². The van der Waals surface area contributed by atoms with Crippen molar-refractivity contribution in [3.63, 3.8) is 0 Å². The third-order valence-electron chi connectivity index (χ3n) is 4.05. The molecule has 1 unspecified atom stereocenters. The molecule has 2 rings (SSSR count). The number of rotatable bonds is 7. The van der Waals surface area contributed by atoms with Crippen LogP contribution in [-0.2, 0) is 16.9 Å². The van der Waals surface area contributed by atoms with Gasteiger partial charge in [0.05, 0.1) is 12.1 Å².